The summed E-state index contributed by atoms with van der Waals surface area (Å²) in [5.41, 5.74) is 0.306. The van der Waals surface area contributed by atoms with Crippen molar-refractivity contribution in [1.82, 2.24) is 14.5 Å². The van der Waals surface area contributed by atoms with E-state index in [1.807, 2.05) is 35.2 Å². The summed E-state index contributed by atoms with van der Waals surface area (Å²) in [6.45, 7) is 5.59. The molecule has 0 unspecified atom stereocenters. The Kier molecular flexibility index (Phi) is 7.10. The Morgan fingerprint density at radius 3 is 2.58 bits per heavy atom. The minimum Gasteiger partial charge on any atom is -0.492 e. The van der Waals surface area contributed by atoms with Crippen LogP contribution in [0.25, 0.3) is 16.6 Å². The Bertz CT molecular complexity index is 1480. The molecule has 1 aromatic carbocycles. The molecule has 0 amide bonds. The van der Waals surface area contributed by atoms with Crippen molar-refractivity contribution in [2.75, 3.05) is 50.8 Å². The molecular formula is C27H27FN4O6. The number of carbonyl (C=O) groups is 2. The fourth-order valence-corrected chi connectivity index (χ4v) is 4.76. The van der Waals surface area contributed by atoms with Crippen LogP contribution in [0.4, 0.5) is 10.2 Å². The van der Waals surface area contributed by atoms with Crippen molar-refractivity contribution < 1.29 is 28.6 Å². The van der Waals surface area contributed by atoms with E-state index in [1.54, 1.807) is 11.5 Å². The van der Waals surface area contributed by atoms with Crippen LogP contribution < -0.4 is 10.3 Å². The largest absolute Gasteiger partial charge is 0.492 e. The summed E-state index contributed by atoms with van der Waals surface area (Å²) in [7, 11) is 0. The molecular weight excluding hydrogens is 495 g/mol. The molecule has 11 heteroatoms. The lowest BCUT2D eigenvalue weighted by Gasteiger charge is -2.35. The Balaban J connectivity index is 1.24. The maximum atomic E-state index is 15.1. The summed E-state index contributed by atoms with van der Waals surface area (Å²) in [4.78, 5) is 44.6. The number of piperazine rings is 1. The van der Waals surface area contributed by atoms with Gasteiger partial charge in [0.25, 0.3) is 0 Å². The van der Waals surface area contributed by atoms with Gasteiger partial charge in [0.05, 0.1) is 5.39 Å². The van der Waals surface area contributed by atoms with Gasteiger partial charge in [0.15, 0.2) is 11.6 Å². The van der Waals surface area contributed by atoms with E-state index in [-0.39, 0.29) is 23.5 Å². The van der Waals surface area contributed by atoms with Crippen molar-refractivity contribution in [2.45, 2.75) is 13.5 Å². The maximum absolute atomic E-state index is 15.1. The molecule has 5 rings (SSSR count). The number of esters is 1. The van der Waals surface area contributed by atoms with Crippen LogP contribution in [0, 0.1) is 5.82 Å². The van der Waals surface area contributed by atoms with Crippen LogP contribution >= 0.6 is 0 Å². The number of aromatic nitrogens is 2. The Morgan fingerprint density at radius 1 is 1.16 bits per heavy atom. The number of carbonyl (C=O) groups excluding carboxylic acids is 1. The number of ether oxygens (including phenoxy) is 2. The van der Waals surface area contributed by atoms with Gasteiger partial charge in [0, 0.05) is 45.5 Å². The number of hydrogen-bond donors (Lipinski definition) is 1. The van der Waals surface area contributed by atoms with Gasteiger partial charge in [-0.15, -0.1) is 0 Å². The molecule has 0 radical (unpaired) electrons. The zero-order chi connectivity index (χ0) is 26.8. The summed E-state index contributed by atoms with van der Waals surface area (Å²) >= 11 is 0. The maximum Gasteiger partial charge on any atom is 0.342 e. The van der Waals surface area contributed by atoms with Gasteiger partial charge in [-0.2, -0.15) is 0 Å². The zero-order valence-electron chi connectivity index (χ0n) is 20.9. The number of anilines is 1. The van der Waals surface area contributed by atoms with Gasteiger partial charge in [-0.3, -0.25) is 9.69 Å². The fraction of sp³-hybridized carbons (Fsp3) is 0.333. The second kappa shape index (κ2) is 10.6. The van der Waals surface area contributed by atoms with Crippen molar-refractivity contribution in [3.63, 3.8) is 0 Å². The van der Waals surface area contributed by atoms with Crippen LogP contribution in [0.3, 0.4) is 0 Å². The van der Waals surface area contributed by atoms with E-state index in [4.69, 9.17) is 9.47 Å². The van der Waals surface area contributed by atoms with Crippen molar-refractivity contribution in [1.29, 1.82) is 0 Å². The molecule has 2 aromatic heterocycles. The van der Waals surface area contributed by atoms with Crippen LogP contribution in [-0.4, -0.2) is 77.4 Å². The molecule has 3 aromatic rings. The topological polar surface area (TPSA) is 114 Å². The number of nitrogens with zero attached hydrogens (tertiary/aromatic N) is 4. The van der Waals surface area contributed by atoms with E-state index >= 15 is 4.39 Å². The number of aromatic carboxylic acids is 1. The number of benzene rings is 1. The van der Waals surface area contributed by atoms with Gasteiger partial charge in [0.1, 0.15) is 35.8 Å². The number of hydrogen-bond acceptors (Lipinski definition) is 8. The monoisotopic (exact) mass is 522 g/mol. The highest BCUT2D eigenvalue weighted by Gasteiger charge is 2.28. The summed E-state index contributed by atoms with van der Waals surface area (Å²) < 4.78 is 27.7. The number of rotatable bonds is 8. The van der Waals surface area contributed by atoms with Crippen molar-refractivity contribution in [3.8, 4) is 0 Å². The van der Waals surface area contributed by atoms with E-state index in [0.717, 1.165) is 11.6 Å². The molecule has 198 valence electrons. The summed E-state index contributed by atoms with van der Waals surface area (Å²) in [5.74, 6) is -1.75. The van der Waals surface area contributed by atoms with Crippen LogP contribution in [0.15, 0.2) is 53.1 Å². The third kappa shape index (κ3) is 4.84. The molecule has 4 heterocycles. The molecule has 0 atom stereocenters. The van der Waals surface area contributed by atoms with Gasteiger partial charge in [0.2, 0.25) is 5.43 Å². The number of cyclic esters (lactones) is 1. The zero-order valence-corrected chi connectivity index (χ0v) is 20.9. The first-order valence-electron chi connectivity index (χ1n) is 12.4. The van der Waals surface area contributed by atoms with Gasteiger partial charge in [-0.05, 0) is 18.6 Å². The third-order valence-corrected chi connectivity index (χ3v) is 6.79. The molecule has 2 aliphatic heterocycles. The number of carboxylic acid groups (broad SMARTS) is 1. The smallest absolute Gasteiger partial charge is 0.342 e. The third-order valence-electron chi connectivity index (χ3n) is 6.79. The average Bonchev–Trinajstić information content (AvgIpc) is 3.29. The second-order valence-corrected chi connectivity index (χ2v) is 9.05. The number of aryl methyl sites for hydroxylation is 1. The SMILES string of the molecule is CCn1cc(C(=O)O)c(=O)c2cc(F)c(N3CCN(CCOC4=C(c5ccccc5)C(=O)OC4)CC3)nc21. The molecule has 38 heavy (non-hydrogen) atoms. The van der Waals surface area contributed by atoms with Gasteiger partial charge >= 0.3 is 11.9 Å². The van der Waals surface area contributed by atoms with E-state index < -0.39 is 28.7 Å². The summed E-state index contributed by atoms with van der Waals surface area (Å²) in [5, 5.41) is 9.27. The normalized spacial score (nSPS) is 16.3. The highest BCUT2D eigenvalue weighted by Crippen LogP contribution is 2.27. The Labute approximate surface area is 217 Å². The molecule has 1 N–H and O–H groups in total. The minimum absolute atomic E-state index is 0.0534. The number of halogens is 1. The van der Waals surface area contributed by atoms with E-state index in [2.05, 4.69) is 9.88 Å². The molecule has 0 bridgehead atoms. The fourth-order valence-electron chi connectivity index (χ4n) is 4.76. The standard InChI is InChI=1S/C27H27FN4O6/c1-2-31-15-19(26(34)35)23(33)18-14-20(28)25(29-24(18)31)32-10-8-30(9-11-32)12-13-37-21-16-38-27(36)22(21)17-6-4-3-5-7-17/h3-7,14-15H,2,8-13,16H2,1H3,(H,34,35). The molecule has 1 fully saturated rings. The molecule has 2 aliphatic rings. The number of pyridine rings is 2. The van der Waals surface area contributed by atoms with Crippen LogP contribution in [-0.2, 0) is 20.8 Å². The number of carboxylic acids is 1. The molecule has 0 saturated carbocycles. The van der Waals surface area contributed by atoms with Crippen LogP contribution in [0.2, 0.25) is 0 Å². The van der Waals surface area contributed by atoms with Crippen LogP contribution in [0.1, 0.15) is 22.8 Å². The first kappa shape index (κ1) is 25.4. The Hall–Kier alpha value is -4.25. The van der Waals surface area contributed by atoms with E-state index in [0.29, 0.717) is 57.2 Å². The first-order valence-corrected chi connectivity index (χ1v) is 12.4. The van der Waals surface area contributed by atoms with Crippen LogP contribution in [0.5, 0.6) is 0 Å². The average molecular weight is 523 g/mol. The number of fused-ring (bicyclic) bond motifs is 1. The lowest BCUT2D eigenvalue weighted by atomic mass is 10.1. The minimum atomic E-state index is -1.36. The van der Waals surface area contributed by atoms with Crippen molar-refractivity contribution >= 4 is 34.4 Å². The second-order valence-electron chi connectivity index (χ2n) is 9.05. The van der Waals surface area contributed by atoms with Crippen molar-refractivity contribution in [3.05, 3.63) is 75.5 Å². The highest BCUT2D eigenvalue weighted by molar-refractivity contribution is 6.18. The van der Waals surface area contributed by atoms with Gasteiger partial charge < -0.3 is 24.0 Å². The van der Waals surface area contributed by atoms with Gasteiger partial charge in [-0.1, -0.05) is 30.3 Å². The Morgan fingerprint density at radius 2 is 1.89 bits per heavy atom. The first-order chi connectivity index (χ1) is 18.4. The summed E-state index contributed by atoms with van der Waals surface area (Å²) in [6.07, 6.45) is 1.25. The highest BCUT2D eigenvalue weighted by atomic mass is 19.1. The summed E-state index contributed by atoms with van der Waals surface area (Å²) in [6, 6.07) is 10.4. The van der Waals surface area contributed by atoms with E-state index in [1.165, 1.54) is 6.20 Å². The van der Waals surface area contributed by atoms with Gasteiger partial charge in [-0.25, -0.2) is 19.0 Å². The molecule has 10 nitrogen and oxygen atoms in total. The molecule has 0 aliphatic carbocycles. The lowest BCUT2D eigenvalue weighted by Crippen LogP contribution is -2.48. The molecule has 0 spiro atoms. The molecule has 1 saturated heterocycles. The van der Waals surface area contributed by atoms with E-state index in [9.17, 15) is 19.5 Å². The van der Waals surface area contributed by atoms with Crippen molar-refractivity contribution in [2.24, 2.45) is 0 Å². The quantitative estimate of drug-likeness (QED) is 0.445. The lowest BCUT2D eigenvalue weighted by molar-refractivity contribution is -0.134. The predicted octanol–water partition coefficient (Wildman–Crippen LogP) is 2.36. The predicted molar refractivity (Wildman–Crippen MR) is 138 cm³/mol.